The van der Waals surface area contributed by atoms with Gasteiger partial charge in [-0.05, 0) is 48.6 Å². The van der Waals surface area contributed by atoms with Gasteiger partial charge in [0.2, 0.25) is 5.91 Å². The normalized spacial score (nSPS) is 17.3. The lowest BCUT2D eigenvalue weighted by atomic mass is 10.2. The van der Waals surface area contributed by atoms with E-state index in [4.69, 9.17) is 4.74 Å². The van der Waals surface area contributed by atoms with E-state index in [0.717, 1.165) is 32.2 Å². The van der Waals surface area contributed by atoms with Gasteiger partial charge in [0.25, 0.3) is 0 Å². The summed E-state index contributed by atoms with van der Waals surface area (Å²) in [5.41, 5.74) is 0.584. The fraction of sp³-hybridized carbons (Fsp3) is 0.421. The third-order valence-electron chi connectivity index (χ3n) is 4.38. The van der Waals surface area contributed by atoms with Crippen molar-refractivity contribution < 1.29 is 17.9 Å². The number of nitrogens with zero attached hydrogens (tertiary/aromatic N) is 1. The van der Waals surface area contributed by atoms with Crippen molar-refractivity contribution in [3.8, 4) is 0 Å². The molecule has 2 heterocycles. The van der Waals surface area contributed by atoms with Crippen molar-refractivity contribution in [3.63, 3.8) is 0 Å². The van der Waals surface area contributed by atoms with Crippen molar-refractivity contribution in [2.24, 2.45) is 0 Å². The van der Waals surface area contributed by atoms with Crippen molar-refractivity contribution in [3.05, 3.63) is 46.7 Å². The first-order valence-electron chi connectivity index (χ1n) is 8.86. The van der Waals surface area contributed by atoms with Gasteiger partial charge in [-0.2, -0.15) is 0 Å². The van der Waals surface area contributed by atoms with Crippen LogP contribution in [0, 0.1) is 0 Å². The van der Waals surface area contributed by atoms with Crippen molar-refractivity contribution in [1.82, 2.24) is 4.90 Å². The summed E-state index contributed by atoms with van der Waals surface area (Å²) < 4.78 is 28.8. The Morgan fingerprint density at radius 1 is 1.30 bits per heavy atom. The van der Waals surface area contributed by atoms with E-state index in [1.54, 1.807) is 23.5 Å². The van der Waals surface area contributed by atoms with Crippen LogP contribution in [-0.4, -0.2) is 51.3 Å². The van der Waals surface area contributed by atoms with Gasteiger partial charge in [0.05, 0.1) is 17.5 Å². The smallest absolute Gasteiger partial charge is 0.238 e. The maximum absolute atomic E-state index is 12.5. The summed E-state index contributed by atoms with van der Waals surface area (Å²) in [6, 6.07) is 10.3. The second-order valence-electron chi connectivity index (χ2n) is 6.73. The third-order valence-corrected chi connectivity index (χ3v) is 6.37. The summed E-state index contributed by atoms with van der Waals surface area (Å²) in [7, 11) is -3.24. The molecular formula is C19H24N2O4S2. The van der Waals surface area contributed by atoms with Crippen LogP contribution < -0.4 is 5.32 Å². The fourth-order valence-corrected chi connectivity index (χ4v) is 4.45. The Morgan fingerprint density at radius 2 is 2.07 bits per heavy atom. The average Bonchev–Trinajstić information content (AvgIpc) is 3.28. The maximum Gasteiger partial charge on any atom is 0.238 e. The molecule has 6 nitrogen and oxygen atoms in total. The van der Waals surface area contributed by atoms with Gasteiger partial charge in [0.15, 0.2) is 9.84 Å². The predicted molar refractivity (Wildman–Crippen MR) is 107 cm³/mol. The number of anilines is 1. The Kier molecular flexibility index (Phi) is 6.64. The number of hydrogen-bond donors (Lipinski definition) is 1. The lowest BCUT2D eigenvalue weighted by Gasteiger charge is -2.24. The molecule has 0 bridgehead atoms. The largest absolute Gasteiger partial charge is 0.377 e. The molecule has 1 aromatic carbocycles. The van der Waals surface area contributed by atoms with Crippen LogP contribution in [0.15, 0.2) is 46.7 Å². The van der Waals surface area contributed by atoms with Crippen molar-refractivity contribution in [2.75, 3.05) is 31.3 Å². The Morgan fingerprint density at radius 3 is 2.67 bits per heavy atom. The first-order valence-corrected chi connectivity index (χ1v) is 11.6. The van der Waals surface area contributed by atoms with Gasteiger partial charge in [-0.3, -0.25) is 9.69 Å². The third kappa shape index (κ3) is 6.14. The summed E-state index contributed by atoms with van der Waals surface area (Å²) in [6.07, 6.45) is 3.42. The molecule has 1 fully saturated rings. The predicted octanol–water partition coefficient (Wildman–Crippen LogP) is 2.77. The number of thiophene rings is 1. The Hall–Kier alpha value is -1.74. The Balaban J connectivity index is 1.60. The quantitative estimate of drug-likeness (QED) is 0.727. The summed E-state index contributed by atoms with van der Waals surface area (Å²) in [6.45, 7) is 2.47. The molecular weight excluding hydrogens is 384 g/mol. The molecule has 0 aliphatic carbocycles. The van der Waals surface area contributed by atoms with E-state index < -0.39 is 9.84 Å². The second-order valence-corrected chi connectivity index (χ2v) is 9.78. The van der Waals surface area contributed by atoms with E-state index in [1.165, 1.54) is 17.0 Å². The second kappa shape index (κ2) is 8.97. The number of hydrogen-bond acceptors (Lipinski definition) is 6. The van der Waals surface area contributed by atoms with Gasteiger partial charge >= 0.3 is 0 Å². The number of benzene rings is 1. The zero-order chi connectivity index (χ0) is 19.3. The first kappa shape index (κ1) is 20.0. The SMILES string of the molecule is CS(=O)(=O)c1ccc(NC(=O)CN(Cc2cccs2)C[C@@H]2CCCO2)cc1. The molecule has 1 aromatic heterocycles. The minimum atomic E-state index is -3.24. The molecule has 8 heteroatoms. The van der Waals surface area contributed by atoms with Crippen molar-refractivity contribution >= 4 is 32.8 Å². The van der Waals surface area contributed by atoms with Crippen LogP contribution >= 0.6 is 11.3 Å². The van der Waals surface area contributed by atoms with E-state index >= 15 is 0 Å². The molecule has 0 unspecified atom stereocenters. The monoisotopic (exact) mass is 408 g/mol. The highest BCUT2D eigenvalue weighted by Gasteiger charge is 2.21. The van der Waals surface area contributed by atoms with E-state index in [2.05, 4.69) is 16.3 Å². The van der Waals surface area contributed by atoms with E-state index in [0.29, 0.717) is 12.2 Å². The van der Waals surface area contributed by atoms with Gasteiger partial charge in [-0.1, -0.05) is 6.07 Å². The topological polar surface area (TPSA) is 75.7 Å². The highest BCUT2D eigenvalue weighted by atomic mass is 32.2. The number of carbonyl (C=O) groups is 1. The molecule has 1 aliphatic rings. The molecule has 0 radical (unpaired) electrons. The first-order chi connectivity index (χ1) is 12.9. The van der Waals surface area contributed by atoms with Crippen molar-refractivity contribution in [1.29, 1.82) is 0 Å². The summed E-state index contributed by atoms with van der Waals surface area (Å²) in [5, 5.41) is 4.87. The zero-order valence-corrected chi connectivity index (χ0v) is 16.9. The van der Waals surface area contributed by atoms with Crippen LogP contribution in [0.2, 0.25) is 0 Å². The van der Waals surface area contributed by atoms with Gasteiger partial charge in [-0.15, -0.1) is 11.3 Å². The average molecular weight is 409 g/mol. The van der Waals surface area contributed by atoms with E-state index in [1.807, 2.05) is 11.4 Å². The van der Waals surface area contributed by atoms with Gasteiger partial charge < -0.3 is 10.1 Å². The summed E-state index contributed by atoms with van der Waals surface area (Å²) in [5.74, 6) is -0.128. The highest BCUT2D eigenvalue weighted by molar-refractivity contribution is 7.90. The molecule has 1 atom stereocenters. The van der Waals surface area contributed by atoms with Crippen LogP contribution in [0.4, 0.5) is 5.69 Å². The molecule has 146 valence electrons. The molecule has 1 N–H and O–H groups in total. The van der Waals surface area contributed by atoms with Crippen LogP contribution in [0.1, 0.15) is 17.7 Å². The molecule has 27 heavy (non-hydrogen) atoms. The lowest BCUT2D eigenvalue weighted by Crippen LogP contribution is -2.37. The molecule has 1 amide bonds. The lowest BCUT2D eigenvalue weighted by molar-refractivity contribution is -0.117. The molecule has 0 spiro atoms. The minimum absolute atomic E-state index is 0.128. The molecule has 0 saturated carbocycles. The number of ether oxygens (including phenoxy) is 1. The van der Waals surface area contributed by atoms with Crippen LogP contribution in [0.5, 0.6) is 0 Å². The maximum atomic E-state index is 12.5. The molecule has 3 rings (SSSR count). The fourth-order valence-electron chi connectivity index (χ4n) is 3.07. The summed E-state index contributed by atoms with van der Waals surface area (Å²) in [4.78, 5) is 16.0. The minimum Gasteiger partial charge on any atom is -0.377 e. The Bertz CT molecular complexity index is 842. The van der Waals surface area contributed by atoms with E-state index in [-0.39, 0.29) is 23.5 Å². The number of rotatable bonds is 8. The van der Waals surface area contributed by atoms with Gasteiger partial charge in [-0.25, -0.2) is 8.42 Å². The summed E-state index contributed by atoms with van der Waals surface area (Å²) >= 11 is 1.67. The number of amides is 1. The van der Waals surface area contributed by atoms with Crippen LogP contribution in [0.3, 0.4) is 0 Å². The van der Waals surface area contributed by atoms with Crippen molar-refractivity contribution in [2.45, 2.75) is 30.4 Å². The molecule has 2 aromatic rings. The number of sulfone groups is 1. The Labute approximate surface area is 164 Å². The van der Waals surface area contributed by atoms with E-state index in [9.17, 15) is 13.2 Å². The van der Waals surface area contributed by atoms with Gasteiger partial charge in [0, 0.05) is 36.5 Å². The number of nitrogens with one attached hydrogen (secondary N) is 1. The van der Waals surface area contributed by atoms with Gasteiger partial charge in [0.1, 0.15) is 0 Å². The standard InChI is InChI=1S/C19H24N2O4S2/c1-27(23,24)18-8-6-15(7-9-18)20-19(22)14-21(12-16-4-2-10-25-16)13-17-5-3-11-26-17/h3,5-9,11,16H,2,4,10,12-14H2,1H3,(H,20,22)/t16-/m0/s1. The highest BCUT2D eigenvalue weighted by Crippen LogP contribution is 2.18. The van der Waals surface area contributed by atoms with Crippen LogP contribution in [0.25, 0.3) is 0 Å². The van der Waals surface area contributed by atoms with Crippen LogP contribution in [-0.2, 0) is 25.9 Å². The number of carbonyl (C=O) groups excluding carboxylic acids is 1. The molecule has 1 saturated heterocycles. The molecule has 1 aliphatic heterocycles. The zero-order valence-electron chi connectivity index (χ0n) is 15.3.